The summed E-state index contributed by atoms with van der Waals surface area (Å²) >= 11 is 0. The van der Waals surface area contributed by atoms with E-state index < -0.39 is 0 Å². The minimum absolute atomic E-state index is 0.190. The molecule has 0 bridgehead atoms. The van der Waals surface area contributed by atoms with Crippen LogP contribution in [0.1, 0.15) is 27.3 Å². The van der Waals surface area contributed by atoms with Crippen molar-refractivity contribution >= 4 is 16.7 Å². The SMILES string of the molecule is Cc1cc(=O)c(C(=O)N(C)Cc2cccc3ccccc23)c(C)n1CC1COc2ccccc2O1. The Kier molecular flexibility index (Phi) is 6.03. The average molecular weight is 469 g/mol. The monoisotopic (exact) mass is 468 g/mol. The van der Waals surface area contributed by atoms with Crippen LogP contribution < -0.4 is 14.9 Å². The lowest BCUT2D eigenvalue weighted by molar-refractivity contribution is 0.0755. The number of pyridine rings is 1. The van der Waals surface area contributed by atoms with Gasteiger partial charge in [-0.05, 0) is 42.3 Å². The van der Waals surface area contributed by atoms with Gasteiger partial charge in [0.15, 0.2) is 23.0 Å². The molecule has 5 rings (SSSR count). The summed E-state index contributed by atoms with van der Waals surface area (Å²) in [6.07, 6.45) is -0.235. The molecule has 6 nitrogen and oxygen atoms in total. The van der Waals surface area contributed by atoms with Crippen LogP contribution in [-0.4, -0.2) is 35.1 Å². The van der Waals surface area contributed by atoms with Crippen molar-refractivity contribution in [2.24, 2.45) is 0 Å². The lowest BCUT2D eigenvalue weighted by Gasteiger charge is -2.29. The highest BCUT2D eigenvalue weighted by molar-refractivity contribution is 5.95. The highest BCUT2D eigenvalue weighted by Crippen LogP contribution is 2.31. The van der Waals surface area contributed by atoms with Gasteiger partial charge in [-0.2, -0.15) is 0 Å². The average Bonchev–Trinajstić information content (AvgIpc) is 2.86. The minimum atomic E-state index is -0.291. The molecule has 0 saturated heterocycles. The van der Waals surface area contributed by atoms with Gasteiger partial charge in [-0.15, -0.1) is 0 Å². The predicted molar refractivity (Wildman–Crippen MR) is 136 cm³/mol. The van der Waals surface area contributed by atoms with Crippen LogP contribution >= 0.6 is 0 Å². The first-order chi connectivity index (χ1) is 16.9. The summed E-state index contributed by atoms with van der Waals surface area (Å²) in [4.78, 5) is 28.1. The van der Waals surface area contributed by atoms with Crippen molar-refractivity contribution in [2.45, 2.75) is 33.0 Å². The summed E-state index contributed by atoms with van der Waals surface area (Å²) < 4.78 is 14.0. The van der Waals surface area contributed by atoms with Crippen molar-refractivity contribution in [1.82, 2.24) is 9.47 Å². The van der Waals surface area contributed by atoms with Gasteiger partial charge < -0.3 is 18.9 Å². The fraction of sp³-hybridized carbons (Fsp3) is 0.241. The van der Waals surface area contributed by atoms with Crippen LogP contribution in [0.25, 0.3) is 10.8 Å². The second kappa shape index (κ2) is 9.29. The number of aromatic nitrogens is 1. The molecular formula is C29H28N2O4. The van der Waals surface area contributed by atoms with Crippen LogP contribution in [0.15, 0.2) is 77.6 Å². The van der Waals surface area contributed by atoms with Crippen molar-refractivity contribution in [2.75, 3.05) is 13.7 Å². The van der Waals surface area contributed by atoms with Crippen molar-refractivity contribution in [3.8, 4) is 11.5 Å². The molecular weight excluding hydrogens is 440 g/mol. The Balaban J connectivity index is 1.41. The van der Waals surface area contributed by atoms with E-state index in [9.17, 15) is 9.59 Å². The van der Waals surface area contributed by atoms with E-state index in [0.29, 0.717) is 31.1 Å². The molecule has 4 aromatic rings. The van der Waals surface area contributed by atoms with Gasteiger partial charge in [-0.25, -0.2) is 0 Å². The fourth-order valence-corrected chi connectivity index (χ4v) is 4.76. The molecule has 2 heterocycles. The summed E-state index contributed by atoms with van der Waals surface area (Å²) in [7, 11) is 1.74. The number of hydrogen-bond acceptors (Lipinski definition) is 4. The van der Waals surface area contributed by atoms with E-state index >= 15 is 0 Å². The largest absolute Gasteiger partial charge is 0.486 e. The fourth-order valence-electron chi connectivity index (χ4n) is 4.76. The van der Waals surface area contributed by atoms with Gasteiger partial charge in [0.2, 0.25) is 0 Å². The number of fused-ring (bicyclic) bond motifs is 2. The molecule has 1 aliphatic rings. The number of amides is 1. The maximum Gasteiger partial charge on any atom is 0.259 e. The van der Waals surface area contributed by atoms with E-state index in [1.807, 2.05) is 66.9 Å². The number of carbonyl (C=O) groups excluding carboxylic acids is 1. The highest BCUT2D eigenvalue weighted by Gasteiger charge is 2.25. The third-order valence-electron chi connectivity index (χ3n) is 6.58. The van der Waals surface area contributed by atoms with Crippen LogP contribution in [-0.2, 0) is 13.1 Å². The normalized spacial score (nSPS) is 14.7. The Bertz CT molecular complexity index is 1470. The lowest BCUT2D eigenvalue weighted by Crippen LogP contribution is -2.37. The van der Waals surface area contributed by atoms with Crippen LogP contribution in [0, 0.1) is 13.8 Å². The predicted octanol–water partition coefficient (Wildman–Crippen LogP) is 4.73. The number of carbonyl (C=O) groups is 1. The Morgan fingerprint density at radius 2 is 1.71 bits per heavy atom. The first kappa shape index (κ1) is 22.7. The molecule has 0 fully saturated rings. The molecule has 1 aromatic heterocycles. The molecule has 1 aliphatic heterocycles. The Morgan fingerprint density at radius 1 is 1.00 bits per heavy atom. The van der Waals surface area contributed by atoms with E-state index in [2.05, 4.69) is 18.2 Å². The van der Waals surface area contributed by atoms with Crippen molar-refractivity contribution in [3.63, 3.8) is 0 Å². The molecule has 1 atom stereocenters. The molecule has 0 radical (unpaired) electrons. The van der Waals surface area contributed by atoms with Crippen LogP contribution in [0.5, 0.6) is 11.5 Å². The van der Waals surface area contributed by atoms with Gasteiger partial charge in [-0.3, -0.25) is 9.59 Å². The standard InChI is InChI=1S/C29H28N2O4/c1-19-15-25(32)28(20(2)31(19)17-23-18-34-26-13-6-7-14-27(26)35-23)29(33)30(3)16-22-11-8-10-21-9-4-5-12-24(21)22/h4-15,23H,16-18H2,1-3H3. The van der Waals surface area contributed by atoms with Gasteiger partial charge in [0.25, 0.3) is 5.91 Å². The highest BCUT2D eigenvalue weighted by atomic mass is 16.6. The van der Waals surface area contributed by atoms with E-state index in [4.69, 9.17) is 9.47 Å². The van der Waals surface area contributed by atoms with Crippen LogP contribution in [0.2, 0.25) is 0 Å². The minimum Gasteiger partial charge on any atom is -0.486 e. The number of benzene rings is 3. The van der Waals surface area contributed by atoms with E-state index in [-0.39, 0.29) is 23.0 Å². The first-order valence-electron chi connectivity index (χ1n) is 11.7. The number of aryl methyl sites for hydroxylation is 1. The molecule has 1 amide bonds. The Hall–Kier alpha value is -4.06. The summed E-state index contributed by atoms with van der Waals surface area (Å²) in [6.45, 7) is 4.97. The maximum absolute atomic E-state index is 13.5. The van der Waals surface area contributed by atoms with Crippen LogP contribution in [0.4, 0.5) is 0 Å². The summed E-state index contributed by atoms with van der Waals surface area (Å²) in [6, 6.07) is 23.3. The maximum atomic E-state index is 13.5. The first-order valence-corrected chi connectivity index (χ1v) is 11.7. The summed E-state index contributed by atoms with van der Waals surface area (Å²) in [5.74, 6) is 1.13. The molecule has 1 unspecified atom stereocenters. The number of nitrogens with zero attached hydrogens (tertiary/aromatic N) is 2. The smallest absolute Gasteiger partial charge is 0.259 e. The van der Waals surface area contributed by atoms with E-state index in [1.54, 1.807) is 11.9 Å². The van der Waals surface area contributed by atoms with Gasteiger partial charge in [0.05, 0.1) is 6.54 Å². The van der Waals surface area contributed by atoms with Gasteiger partial charge in [-0.1, -0.05) is 54.6 Å². The van der Waals surface area contributed by atoms with Crippen molar-refractivity contribution < 1.29 is 14.3 Å². The quantitative estimate of drug-likeness (QED) is 0.425. The summed E-state index contributed by atoms with van der Waals surface area (Å²) in [5.41, 5.74) is 2.37. The Morgan fingerprint density at radius 3 is 2.54 bits per heavy atom. The van der Waals surface area contributed by atoms with Crippen molar-refractivity contribution in [1.29, 1.82) is 0 Å². The molecule has 0 aliphatic carbocycles. The molecule has 0 saturated carbocycles. The zero-order valence-electron chi connectivity index (χ0n) is 20.2. The van der Waals surface area contributed by atoms with Gasteiger partial charge in [0, 0.05) is 31.0 Å². The molecule has 0 spiro atoms. The number of para-hydroxylation sites is 2. The van der Waals surface area contributed by atoms with Crippen molar-refractivity contribution in [3.05, 3.63) is 106 Å². The summed E-state index contributed by atoms with van der Waals surface area (Å²) in [5, 5.41) is 2.22. The topological polar surface area (TPSA) is 60.8 Å². The number of hydrogen-bond donors (Lipinski definition) is 0. The molecule has 0 N–H and O–H groups in total. The third kappa shape index (κ3) is 4.39. The lowest BCUT2D eigenvalue weighted by atomic mass is 10.0. The zero-order valence-corrected chi connectivity index (χ0v) is 20.2. The number of rotatable bonds is 5. The van der Waals surface area contributed by atoms with Gasteiger partial charge >= 0.3 is 0 Å². The van der Waals surface area contributed by atoms with Crippen LogP contribution in [0.3, 0.4) is 0 Å². The second-order valence-electron chi connectivity index (χ2n) is 9.02. The molecule has 6 heteroatoms. The molecule has 3 aromatic carbocycles. The van der Waals surface area contributed by atoms with Gasteiger partial charge in [0.1, 0.15) is 12.2 Å². The molecule has 178 valence electrons. The van der Waals surface area contributed by atoms with E-state index in [0.717, 1.165) is 27.8 Å². The van der Waals surface area contributed by atoms with E-state index in [1.165, 1.54) is 6.07 Å². The Labute approximate surface area is 204 Å². The second-order valence-corrected chi connectivity index (χ2v) is 9.02. The third-order valence-corrected chi connectivity index (χ3v) is 6.58. The number of ether oxygens (including phenoxy) is 2. The molecule has 35 heavy (non-hydrogen) atoms. The zero-order chi connectivity index (χ0) is 24.5.